The van der Waals surface area contributed by atoms with E-state index >= 15 is 0 Å². The standard InChI is InChI=1S/C8H17.C7H7.Al.ClH/c1-3-5-7-8-6-4-2;1-7-5-3-2-4-6-7;;/h1,3-8H2,2H3;2-6H,1H2;;1H/q;;+1;/p-1. The van der Waals surface area contributed by atoms with Gasteiger partial charge in [-0.3, -0.25) is 0 Å². The molecule has 0 aliphatic heterocycles. The molecule has 0 spiro atoms. The van der Waals surface area contributed by atoms with E-state index in [1.165, 1.54) is 54.7 Å². The molecular formula is C15H24AlCl. The molecule has 0 N–H and O–H groups in total. The Bertz CT molecular complexity index is 248. The molecule has 0 radical (unpaired) electrons. The average molecular weight is 267 g/mol. The molecule has 0 heterocycles. The van der Waals surface area contributed by atoms with Gasteiger partial charge in [-0.05, 0) is 0 Å². The number of hydrogen-bond acceptors (Lipinski definition) is 0. The van der Waals surface area contributed by atoms with Crippen LogP contribution in [-0.2, 0) is 5.28 Å². The third-order valence-corrected chi connectivity index (χ3v) is 4.56. The van der Waals surface area contributed by atoms with E-state index in [2.05, 4.69) is 37.3 Å². The number of hydrogen-bond donors (Lipinski definition) is 0. The normalized spacial score (nSPS) is 9.47. The second-order valence-corrected chi connectivity index (χ2v) is 6.10. The summed E-state index contributed by atoms with van der Waals surface area (Å²) in [7, 11) is 0. The maximum Gasteiger partial charge on any atom is -1.00 e. The van der Waals surface area contributed by atoms with Crippen molar-refractivity contribution in [2.24, 2.45) is 0 Å². The summed E-state index contributed by atoms with van der Waals surface area (Å²) in [6.07, 6.45) is 8.62. The summed E-state index contributed by atoms with van der Waals surface area (Å²) in [5, 5.41) is 2.83. The number of unbranched alkanes of at least 4 members (excludes halogenated alkanes) is 5. The van der Waals surface area contributed by atoms with Crippen LogP contribution in [-0.4, -0.2) is 15.2 Å². The van der Waals surface area contributed by atoms with E-state index in [-0.39, 0.29) is 12.4 Å². The smallest absolute Gasteiger partial charge is 1.00 e. The van der Waals surface area contributed by atoms with Crippen molar-refractivity contribution in [1.82, 2.24) is 0 Å². The van der Waals surface area contributed by atoms with Crippen LogP contribution in [0.2, 0.25) is 5.28 Å². The van der Waals surface area contributed by atoms with Crippen LogP contribution < -0.4 is 12.4 Å². The van der Waals surface area contributed by atoms with Crippen LogP contribution in [0.1, 0.15) is 51.0 Å². The van der Waals surface area contributed by atoms with Gasteiger partial charge in [0.15, 0.2) is 0 Å². The van der Waals surface area contributed by atoms with E-state index in [0.29, 0.717) is 15.2 Å². The quantitative estimate of drug-likeness (QED) is 0.471. The van der Waals surface area contributed by atoms with Crippen molar-refractivity contribution >= 4 is 15.2 Å². The monoisotopic (exact) mass is 266 g/mol. The first kappa shape index (κ1) is 17.0. The zero-order valence-corrected chi connectivity index (χ0v) is 12.9. The summed E-state index contributed by atoms with van der Waals surface area (Å²) in [6, 6.07) is 10.9. The van der Waals surface area contributed by atoms with Crippen LogP contribution in [0.15, 0.2) is 30.3 Å². The largest absolute Gasteiger partial charge is 1.00 e. The fourth-order valence-corrected chi connectivity index (χ4v) is 3.34. The van der Waals surface area contributed by atoms with Gasteiger partial charge in [-0.15, -0.1) is 0 Å². The summed E-state index contributed by atoms with van der Waals surface area (Å²) in [5.74, 6) is 0. The van der Waals surface area contributed by atoms with Gasteiger partial charge in [0, 0.05) is 0 Å². The van der Waals surface area contributed by atoms with Crippen molar-refractivity contribution in [3.63, 3.8) is 0 Å². The molecule has 1 aromatic carbocycles. The van der Waals surface area contributed by atoms with Gasteiger partial charge >= 0.3 is 107 Å². The minimum Gasteiger partial charge on any atom is -1.00 e. The van der Waals surface area contributed by atoms with Crippen molar-refractivity contribution in [2.45, 2.75) is 56.0 Å². The van der Waals surface area contributed by atoms with Gasteiger partial charge in [0.2, 0.25) is 0 Å². The van der Waals surface area contributed by atoms with E-state index in [4.69, 9.17) is 0 Å². The Morgan fingerprint density at radius 3 is 2.24 bits per heavy atom. The molecule has 17 heavy (non-hydrogen) atoms. The van der Waals surface area contributed by atoms with Gasteiger partial charge in [0.1, 0.15) is 0 Å². The number of rotatable bonds is 9. The zero-order valence-electron chi connectivity index (χ0n) is 11.0. The molecule has 0 atom stereocenters. The summed E-state index contributed by atoms with van der Waals surface area (Å²) >= 11 is 0.648. The first-order valence-corrected chi connectivity index (χ1v) is 8.42. The maximum atomic E-state index is 2.28. The predicted octanol–water partition coefficient (Wildman–Crippen LogP) is 1.67. The molecule has 1 rings (SSSR count). The fourth-order valence-electron chi connectivity index (χ4n) is 1.95. The number of benzene rings is 1. The van der Waals surface area contributed by atoms with Crippen LogP contribution in [0.3, 0.4) is 0 Å². The van der Waals surface area contributed by atoms with E-state index in [0.717, 1.165) is 0 Å². The van der Waals surface area contributed by atoms with Crippen LogP contribution >= 0.6 is 0 Å². The second kappa shape index (κ2) is 12.5. The van der Waals surface area contributed by atoms with Gasteiger partial charge in [-0.2, -0.15) is 0 Å². The molecule has 2 heteroatoms. The molecule has 0 aromatic heterocycles. The first-order valence-electron chi connectivity index (χ1n) is 6.79. The van der Waals surface area contributed by atoms with Gasteiger partial charge in [0.05, 0.1) is 0 Å². The number of halogens is 1. The van der Waals surface area contributed by atoms with Crippen molar-refractivity contribution in [1.29, 1.82) is 0 Å². The molecule has 0 saturated carbocycles. The zero-order chi connectivity index (χ0) is 11.5. The summed E-state index contributed by atoms with van der Waals surface area (Å²) < 4.78 is 0. The minimum atomic E-state index is 0. The Hall–Kier alpha value is 0.0425. The molecule has 0 unspecified atom stereocenters. The van der Waals surface area contributed by atoms with E-state index in [9.17, 15) is 0 Å². The van der Waals surface area contributed by atoms with Crippen molar-refractivity contribution < 1.29 is 12.4 Å². The molecule has 0 amide bonds. The van der Waals surface area contributed by atoms with Crippen molar-refractivity contribution in [3.8, 4) is 0 Å². The molecule has 0 bridgehead atoms. The molecule has 94 valence electrons. The van der Waals surface area contributed by atoms with Crippen LogP contribution in [0.5, 0.6) is 0 Å². The summed E-state index contributed by atoms with van der Waals surface area (Å²) in [4.78, 5) is 0. The Labute approximate surface area is 119 Å². The van der Waals surface area contributed by atoms with Crippen molar-refractivity contribution in [2.75, 3.05) is 0 Å². The summed E-state index contributed by atoms with van der Waals surface area (Å²) in [5.41, 5.74) is 1.53. The van der Waals surface area contributed by atoms with Crippen LogP contribution in [0.4, 0.5) is 0 Å². The predicted molar refractivity (Wildman–Crippen MR) is 74.1 cm³/mol. The van der Waals surface area contributed by atoms with E-state index in [1.54, 1.807) is 0 Å². The molecule has 1 aromatic rings. The Kier molecular flexibility index (Phi) is 12.5. The SMILES string of the molecule is CCCCCCC[CH2][Al+][CH2]c1ccccc1.[Cl-]. The molecule has 0 aliphatic carbocycles. The van der Waals surface area contributed by atoms with Gasteiger partial charge in [-0.1, -0.05) is 0 Å². The minimum absolute atomic E-state index is 0. The average Bonchev–Trinajstić information content (AvgIpc) is 2.34. The summed E-state index contributed by atoms with van der Waals surface area (Å²) in [6.45, 7) is 2.28. The maximum absolute atomic E-state index is 2.28. The van der Waals surface area contributed by atoms with E-state index in [1.807, 2.05) is 0 Å². The molecule has 0 nitrogen and oxygen atoms in total. The Balaban J connectivity index is 0.00000256. The van der Waals surface area contributed by atoms with Gasteiger partial charge < -0.3 is 12.4 Å². The first-order chi connectivity index (χ1) is 7.93. The Morgan fingerprint density at radius 1 is 0.882 bits per heavy atom. The third kappa shape index (κ3) is 9.72. The molecular weight excluding hydrogens is 243 g/mol. The second-order valence-electron chi connectivity index (χ2n) is 4.53. The fraction of sp³-hybridized carbons (Fsp3) is 0.600. The topological polar surface area (TPSA) is 0 Å². The van der Waals surface area contributed by atoms with Crippen molar-refractivity contribution in [3.05, 3.63) is 35.9 Å². The Morgan fingerprint density at radius 2 is 1.53 bits per heavy atom. The van der Waals surface area contributed by atoms with Gasteiger partial charge in [0.25, 0.3) is 0 Å². The third-order valence-electron chi connectivity index (χ3n) is 2.98. The molecule has 0 saturated heterocycles. The van der Waals surface area contributed by atoms with Crippen LogP contribution in [0.25, 0.3) is 0 Å². The van der Waals surface area contributed by atoms with Gasteiger partial charge in [-0.25, -0.2) is 0 Å². The molecule has 0 aliphatic rings. The van der Waals surface area contributed by atoms with Crippen LogP contribution in [0, 0.1) is 0 Å². The van der Waals surface area contributed by atoms with E-state index < -0.39 is 0 Å². The molecule has 0 fully saturated rings.